The standard InChI is InChI=1S/C23H25ClN4O4S/c1-15(2)32-22-7-5-18(12-25-22)33(3,31)27-9-8-16(13-27)14-28-21-10-17(24)4-6-19(21)20(26-28)11-23(29)30/h4-7,10,12,14-16H,3,8-9,11,13H2,1-2H3/p+1/b28-14+. The van der Waals surface area contributed by atoms with Crippen molar-refractivity contribution in [2.24, 2.45) is 11.0 Å². The van der Waals surface area contributed by atoms with E-state index < -0.39 is 15.7 Å². The van der Waals surface area contributed by atoms with Crippen molar-refractivity contribution in [1.29, 1.82) is 0 Å². The molecule has 2 unspecified atom stereocenters. The lowest BCUT2D eigenvalue weighted by atomic mass is 10.1. The van der Waals surface area contributed by atoms with E-state index in [2.05, 4.69) is 16.0 Å². The maximum absolute atomic E-state index is 13.5. The first kappa shape index (κ1) is 23.4. The molecule has 1 fully saturated rings. The summed E-state index contributed by atoms with van der Waals surface area (Å²) in [7, 11) is -2.70. The van der Waals surface area contributed by atoms with E-state index in [1.807, 2.05) is 24.4 Å². The maximum atomic E-state index is 13.5. The Labute approximate surface area is 198 Å². The third-order valence-corrected chi connectivity index (χ3v) is 7.83. The van der Waals surface area contributed by atoms with E-state index in [-0.39, 0.29) is 18.4 Å². The van der Waals surface area contributed by atoms with E-state index in [4.69, 9.17) is 16.3 Å². The number of aromatic nitrogens is 1. The molecule has 1 aromatic carbocycles. The van der Waals surface area contributed by atoms with Crippen LogP contribution in [0.5, 0.6) is 5.88 Å². The molecule has 2 atom stereocenters. The normalized spacial score (nSPS) is 21.2. The molecule has 3 heterocycles. The number of rotatable bonds is 7. The number of ether oxygens (including phenoxy) is 1. The van der Waals surface area contributed by atoms with Crippen molar-refractivity contribution < 1.29 is 23.5 Å². The Bertz CT molecular complexity index is 1240. The largest absolute Gasteiger partial charge is 0.481 e. The molecule has 1 N–H and O–H groups in total. The topological polar surface area (TPSA) is 95.1 Å². The Morgan fingerprint density at radius 1 is 1.42 bits per heavy atom. The molecule has 0 radical (unpaired) electrons. The number of hydrogen-bond donors (Lipinski definition) is 1. The summed E-state index contributed by atoms with van der Waals surface area (Å²) in [5.41, 5.74) is 1.98. The summed E-state index contributed by atoms with van der Waals surface area (Å²) in [4.78, 5) is 16.1. The Kier molecular flexibility index (Phi) is 6.56. The second-order valence-electron chi connectivity index (χ2n) is 8.35. The Morgan fingerprint density at radius 3 is 2.88 bits per heavy atom. The van der Waals surface area contributed by atoms with Crippen LogP contribution in [-0.4, -0.2) is 66.2 Å². The molecule has 4 rings (SSSR count). The number of benzene rings is 1. The van der Waals surface area contributed by atoms with Gasteiger partial charge in [0.15, 0.2) is 6.21 Å². The molecule has 0 spiro atoms. The summed E-state index contributed by atoms with van der Waals surface area (Å²) in [5.74, 6) is 3.60. The molecule has 2 aromatic rings. The molecular weight excluding hydrogens is 464 g/mol. The van der Waals surface area contributed by atoms with Gasteiger partial charge in [-0.25, -0.2) is 13.5 Å². The van der Waals surface area contributed by atoms with Gasteiger partial charge in [0, 0.05) is 41.5 Å². The fraction of sp³-hybridized carbons (Fsp3) is 0.348. The number of carboxylic acids is 1. The van der Waals surface area contributed by atoms with Crippen LogP contribution in [0.4, 0.5) is 5.69 Å². The molecule has 10 heteroatoms. The minimum atomic E-state index is -2.70. The second-order valence-corrected chi connectivity index (χ2v) is 11.1. The molecule has 1 saturated heterocycles. The smallest absolute Gasteiger partial charge is 0.309 e. The molecule has 0 amide bonds. The maximum Gasteiger partial charge on any atom is 0.309 e. The highest BCUT2D eigenvalue weighted by Crippen LogP contribution is 2.31. The monoisotopic (exact) mass is 489 g/mol. The zero-order valence-corrected chi connectivity index (χ0v) is 20.1. The molecule has 1 aromatic heterocycles. The minimum absolute atomic E-state index is 0.00612. The van der Waals surface area contributed by atoms with Crippen molar-refractivity contribution in [3.8, 4) is 5.88 Å². The number of halogens is 1. The minimum Gasteiger partial charge on any atom is -0.481 e. The summed E-state index contributed by atoms with van der Waals surface area (Å²) in [5, 5.41) is 14.3. The van der Waals surface area contributed by atoms with E-state index in [9.17, 15) is 14.1 Å². The number of aliphatic carboxylic acids is 1. The summed E-state index contributed by atoms with van der Waals surface area (Å²) in [6, 6.07) is 8.75. The molecule has 0 saturated carbocycles. The van der Waals surface area contributed by atoms with Crippen molar-refractivity contribution >= 4 is 50.8 Å². The average molecular weight is 490 g/mol. The molecule has 174 valence electrons. The van der Waals surface area contributed by atoms with Gasteiger partial charge in [-0.1, -0.05) is 16.3 Å². The number of pyridine rings is 1. The van der Waals surface area contributed by atoms with Crippen LogP contribution < -0.4 is 4.74 Å². The van der Waals surface area contributed by atoms with Gasteiger partial charge in [0.1, 0.15) is 5.71 Å². The number of carboxylic acid groups (broad SMARTS) is 1. The van der Waals surface area contributed by atoms with Gasteiger partial charge in [0.2, 0.25) is 11.6 Å². The Hall–Kier alpha value is -2.75. The Balaban J connectivity index is 1.53. The molecule has 0 bridgehead atoms. The van der Waals surface area contributed by atoms with Crippen LogP contribution in [0.2, 0.25) is 5.02 Å². The van der Waals surface area contributed by atoms with Crippen molar-refractivity contribution in [2.45, 2.75) is 37.7 Å². The summed E-state index contributed by atoms with van der Waals surface area (Å²) < 4.78 is 22.6. The van der Waals surface area contributed by atoms with Gasteiger partial charge in [0.25, 0.3) is 0 Å². The van der Waals surface area contributed by atoms with Gasteiger partial charge in [-0.3, -0.25) is 4.79 Å². The molecule has 2 aliphatic rings. The molecule has 2 aliphatic heterocycles. The second kappa shape index (κ2) is 9.24. The highest BCUT2D eigenvalue weighted by atomic mass is 35.5. The lowest BCUT2D eigenvalue weighted by Crippen LogP contribution is -2.29. The van der Waals surface area contributed by atoms with Crippen LogP contribution in [0.15, 0.2) is 46.5 Å². The van der Waals surface area contributed by atoms with Gasteiger partial charge >= 0.3 is 5.97 Å². The average Bonchev–Trinajstić information content (AvgIpc) is 3.33. The molecule has 0 aliphatic carbocycles. The SMILES string of the molecule is C=S(=O)(c1ccc(OC(C)C)nc1)N1CCC(/C=[N+]2/N=C(CC(=O)O)c3ccc(Cl)cc32)C1. The lowest BCUT2D eigenvalue weighted by Gasteiger charge is -2.21. The number of fused-ring (bicyclic) bond motifs is 1. The zero-order valence-electron chi connectivity index (χ0n) is 18.5. The first-order valence-electron chi connectivity index (χ1n) is 10.6. The van der Waals surface area contributed by atoms with E-state index in [1.54, 1.807) is 41.2 Å². The van der Waals surface area contributed by atoms with E-state index >= 15 is 0 Å². The highest BCUT2D eigenvalue weighted by Gasteiger charge is 2.34. The van der Waals surface area contributed by atoms with E-state index in [1.165, 1.54) is 0 Å². The van der Waals surface area contributed by atoms with Crippen LogP contribution in [0.1, 0.15) is 32.3 Å². The van der Waals surface area contributed by atoms with Crippen LogP contribution >= 0.6 is 11.6 Å². The first-order valence-corrected chi connectivity index (χ1v) is 12.7. The summed E-state index contributed by atoms with van der Waals surface area (Å²) in [6.07, 6.45) is 4.10. The zero-order chi connectivity index (χ0) is 23.8. The van der Waals surface area contributed by atoms with Crippen molar-refractivity contribution in [3.63, 3.8) is 0 Å². The third-order valence-electron chi connectivity index (χ3n) is 5.46. The highest BCUT2D eigenvalue weighted by molar-refractivity contribution is 7.98. The number of hydrogen-bond acceptors (Lipinski definition) is 5. The van der Waals surface area contributed by atoms with Crippen molar-refractivity contribution in [1.82, 2.24) is 9.29 Å². The van der Waals surface area contributed by atoms with Crippen LogP contribution in [0, 0.1) is 5.92 Å². The van der Waals surface area contributed by atoms with Crippen LogP contribution in [0.3, 0.4) is 0 Å². The Morgan fingerprint density at radius 2 is 2.21 bits per heavy atom. The number of nitrogens with zero attached hydrogens (tertiary/aromatic N) is 4. The summed E-state index contributed by atoms with van der Waals surface area (Å²) >= 11 is 6.17. The predicted molar refractivity (Wildman–Crippen MR) is 129 cm³/mol. The van der Waals surface area contributed by atoms with Crippen molar-refractivity contribution in [3.05, 3.63) is 47.1 Å². The number of carbonyl (C=O) groups is 1. The molecule has 8 nitrogen and oxygen atoms in total. The van der Waals surface area contributed by atoms with Crippen molar-refractivity contribution in [2.75, 3.05) is 13.1 Å². The van der Waals surface area contributed by atoms with Crippen LogP contribution in [-0.2, 0) is 14.5 Å². The first-order chi connectivity index (χ1) is 15.6. The number of hydrazone groups is 1. The lowest BCUT2D eigenvalue weighted by molar-refractivity contribution is -0.438. The fourth-order valence-corrected chi connectivity index (χ4v) is 5.72. The quantitative estimate of drug-likeness (QED) is 0.475. The van der Waals surface area contributed by atoms with Gasteiger partial charge in [0.05, 0.1) is 38.6 Å². The van der Waals surface area contributed by atoms with E-state index in [0.717, 1.165) is 17.7 Å². The predicted octanol–water partition coefficient (Wildman–Crippen LogP) is 3.44. The molecular formula is C23H26ClN4O4S+. The summed E-state index contributed by atoms with van der Waals surface area (Å²) in [6.45, 7) is 4.98. The van der Waals surface area contributed by atoms with Crippen LogP contribution in [0.25, 0.3) is 0 Å². The third kappa shape index (κ3) is 5.10. The van der Waals surface area contributed by atoms with Gasteiger partial charge in [-0.15, -0.1) is 0 Å². The van der Waals surface area contributed by atoms with Gasteiger partial charge < -0.3 is 9.84 Å². The van der Waals surface area contributed by atoms with Gasteiger partial charge in [-0.2, -0.15) is 0 Å². The van der Waals surface area contributed by atoms with E-state index in [0.29, 0.717) is 34.6 Å². The van der Waals surface area contributed by atoms with Gasteiger partial charge in [-0.05, 0) is 44.3 Å². The molecule has 33 heavy (non-hydrogen) atoms. The fourth-order valence-electron chi connectivity index (χ4n) is 3.92.